The molecule has 3 nitrogen and oxygen atoms in total. The Morgan fingerprint density at radius 3 is 2.65 bits per heavy atom. The fraction of sp³-hybridized carbons (Fsp3) is 0.188. The van der Waals surface area contributed by atoms with Crippen molar-refractivity contribution in [1.29, 1.82) is 0 Å². The van der Waals surface area contributed by atoms with E-state index in [0.29, 0.717) is 11.3 Å². The fourth-order valence-corrected chi connectivity index (χ4v) is 2.41. The van der Waals surface area contributed by atoms with Crippen LogP contribution in [-0.4, -0.2) is 11.9 Å². The normalized spacial score (nSPS) is 11.9. The molecule has 0 aliphatic carbocycles. The molecule has 20 heavy (non-hydrogen) atoms. The van der Waals surface area contributed by atoms with Crippen LogP contribution in [-0.2, 0) is 6.42 Å². The second-order valence-corrected chi connectivity index (χ2v) is 5.71. The fourth-order valence-electron chi connectivity index (χ4n) is 2.05. The Morgan fingerprint density at radius 2 is 1.95 bits per heavy atom. The third-order valence-electron chi connectivity index (χ3n) is 3.02. The molecule has 0 aromatic heterocycles. The van der Waals surface area contributed by atoms with Gasteiger partial charge in [0, 0.05) is 16.2 Å². The zero-order valence-electron chi connectivity index (χ0n) is 11.3. The van der Waals surface area contributed by atoms with E-state index in [1.807, 2.05) is 31.2 Å². The second kappa shape index (κ2) is 6.57. The molecule has 0 fully saturated rings. The molecule has 4 heteroatoms. The molecule has 3 N–H and O–H groups in total. The number of amides is 1. The van der Waals surface area contributed by atoms with Crippen molar-refractivity contribution in [2.75, 3.05) is 5.73 Å². The minimum Gasteiger partial charge on any atom is -0.398 e. The predicted molar refractivity (Wildman–Crippen MR) is 85.6 cm³/mol. The van der Waals surface area contributed by atoms with Crippen LogP contribution in [0.1, 0.15) is 22.8 Å². The number of benzene rings is 2. The van der Waals surface area contributed by atoms with E-state index in [4.69, 9.17) is 5.73 Å². The first-order chi connectivity index (χ1) is 9.56. The highest BCUT2D eigenvalue weighted by Crippen LogP contribution is 2.18. The Hall–Kier alpha value is -1.81. The third-order valence-corrected chi connectivity index (χ3v) is 3.52. The first kappa shape index (κ1) is 14.6. The molecule has 0 radical (unpaired) electrons. The maximum Gasteiger partial charge on any atom is 0.253 e. The summed E-state index contributed by atoms with van der Waals surface area (Å²) in [6, 6.07) is 15.4. The van der Waals surface area contributed by atoms with E-state index >= 15 is 0 Å². The highest BCUT2D eigenvalue weighted by atomic mass is 79.9. The maximum atomic E-state index is 12.2. The van der Waals surface area contributed by atoms with E-state index in [2.05, 4.69) is 33.4 Å². The van der Waals surface area contributed by atoms with E-state index in [1.54, 1.807) is 12.1 Å². The van der Waals surface area contributed by atoms with Gasteiger partial charge in [-0.3, -0.25) is 4.79 Å². The molecule has 0 spiro atoms. The van der Waals surface area contributed by atoms with Gasteiger partial charge in [0.25, 0.3) is 5.91 Å². The number of nitrogens with two attached hydrogens (primary N) is 1. The monoisotopic (exact) mass is 332 g/mol. The lowest BCUT2D eigenvalue weighted by atomic mass is 10.1. The largest absolute Gasteiger partial charge is 0.398 e. The highest BCUT2D eigenvalue weighted by Gasteiger charge is 2.13. The standard InChI is InChI=1S/C16H17BrN2O/c1-11(9-12-5-3-2-4-6-12)19-16(20)14-10-13(17)7-8-15(14)18/h2-8,10-11H,9,18H2,1H3,(H,19,20). The summed E-state index contributed by atoms with van der Waals surface area (Å²) >= 11 is 3.35. The summed E-state index contributed by atoms with van der Waals surface area (Å²) in [6.45, 7) is 1.99. The quantitative estimate of drug-likeness (QED) is 0.843. The Labute approximate surface area is 127 Å². The van der Waals surface area contributed by atoms with Crippen LogP contribution in [0.3, 0.4) is 0 Å². The average Bonchev–Trinajstić information content (AvgIpc) is 2.42. The number of rotatable bonds is 4. The molecule has 2 rings (SSSR count). The van der Waals surface area contributed by atoms with Gasteiger partial charge in [-0.25, -0.2) is 0 Å². The van der Waals surface area contributed by atoms with Gasteiger partial charge in [0.1, 0.15) is 0 Å². The van der Waals surface area contributed by atoms with E-state index < -0.39 is 0 Å². The molecule has 0 aliphatic heterocycles. The van der Waals surface area contributed by atoms with Crippen LogP contribution in [0.2, 0.25) is 0 Å². The maximum absolute atomic E-state index is 12.2. The summed E-state index contributed by atoms with van der Waals surface area (Å²) in [5, 5.41) is 2.97. The van der Waals surface area contributed by atoms with Crippen molar-refractivity contribution < 1.29 is 4.79 Å². The van der Waals surface area contributed by atoms with Crippen molar-refractivity contribution in [3.63, 3.8) is 0 Å². The highest BCUT2D eigenvalue weighted by molar-refractivity contribution is 9.10. The summed E-state index contributed by atoms with van der Waals surface area (Å²) in [4.78, 5) is 12.2. The number of hydrogen-bond donors (Lipinski definition) is 2. The minimum absolute atomic E-state index is 0.0447. The van der Waals surface area contributed by atoms with Crippen molar-refractivity contribution in [3.05, 3.63) is 64.1 Å². The first-order valence-electron chi connectivity index (χ1n) is 6.46. The number of nitrogens with one attached hydrogen (secondary N) is 1. The molecule has 1 atom stereocenters. The minimum atomic E-state index is -0.146. The SMILES string of the molecule is CC(Cc1ccccc1)NC(=O)c1cc(Br)ccc1N. The smallest absolute Gasteiger partial charge is 0.253 e. The molecule has 1 amide bonds. The van der Waals surface area contributed by atoms with E-state index in [-0.39, 0.29) is 11.9 Å². The first-order valence-corrected chi connectivity index (χ1v) is 7.25. The molecule has 0 bridgehead atoms. The molecular formula is C16H17BrN2O. The second-order valence-electron chi connectivity index (χ2n) is 4.80. The summed E-state index contributed by atoms with van der Waals surface area (Å²) in [5.74, 6) is -0.146. The van der Waals surface area contributed by atoms with Gasteiger partial charge < -0.3 is 11.1 Å². The number of nitrogen functional groups attached to an aromatic ring is 1. The number of carbonyl (C=O) groups is 1. The van der Waals surface area contributed by atoms with E-state index in [0.717, 1.165) is 10.9 Å². The molecule has 2 aromatic rings. The van der Waals surface area contributed by atoms with Crippen molar-refractivity contribution in [1.82, 2.24) is 5.32 Å². The van der Waals surface area contributed by atoms with Crippen molar-refractivity contribution in [2.24, 2.45) is 0 Å². The van der Waals surface area contributed by atoms with Gasteiger partial charge in [0.2, 0.25) is 0 Å². The van der Waals surface area contributed by atoms with Crippen molar-refractivity contribution in [3.8, 4) is 0 Å². The van der Waals surface area contributed by atoms with E-state index in [9.17, 15) is 4.79 Å². The molecule has 0 heterocycles. The molecule has 2 aromatic carbocycles. The summed E-state index contributed by atoms with van der Waals surface area (Å²) in [5.41, 5.74) is 8.02. The van der Waals surface area contributed by atoms with Crippen LogP contribution in [0.4, 0.5) is 5.69 Å². The van der Waals surface area contributed by atoms with Crippen LogP contribution < -0.4 is 11.1 Å². The zero-order chi connectivity index (χ0) is 14.5. The van der Waals surface area contributed by atoms with Crippen LogP contribution in [0.15, 0.2) is 53.0 Å². The molecule has 0 aliphatic rings. The van der Waals surface area contributed by atoms with Gasteiger partial charge in [-0.1, -0.05) is 46.3 Å². The van der Waals surface area contributed by atoms with Crippen LogP contribution >= 0.6 is 15.9 Å². The topological polar surface area (TPSA) is 55.1 Å². The molecule has 0 saturated carbocycles. The molecule has 104 valence electrons. The van der Waals surface area contributed by atoms with Crippen molar-refractivity contribution in [2.45, 2.75) is 19.4 Å². The lowest BCUT2D eigenvalue weighted by Gasteiger charge is -2.15. The summed E-state index contributed by atoms with van der Waals surface area (Å²) in [6.07, 6.45) is 0.792. The Bertz CT molecular complexity index is 599. The lowest BCUT2D eigenvalue weighted by molar-refractivity contribution is 0.0941. The van der Waals surface area contributed by atoms with Gasteiger partial charge in [-0.2, -0.15) is 0 Å². The van der Waals surface area contributed by atoms with Crippen LogP contribution in [0.5, 0.6) is 0 Å². The number of hydrogen-bond acceptors (Lipinski definition) is 2. The average molecular weight is 333 g/mol. The van der Waals surface area contributed by atoms with Crippen LogP contribution in [0, 0.1) is 0 Å². The van der Waals surface area contributed by atoms with Gasteiger partial charge in [0.05, 0.1) is 5.56 Å². The number of halogens is 1. The molecule has 1 unspecified atom stereocenters. The van der Waals surface area contributed by atoms with Crippen molar-refractivity contribution >= 4 is 27.5 Å². The van der Waals surface area contributed by atoms with Gasteiger partial charge in [-0.05, 0) is 37.1 Å². The zero-order valence-corrected chi connectivity index (χ0v) is 12.9. The van der Waals surface area contributed by atoms with Crippen LogP contribution in [0.25, 0.3) is 0 Å². The lowest BCUT2D eigenvalue weighted by Crippen LogP contribution is -2.34. The summed E-state index contributed by atoms with van der Waals surface area (Å²) < 4.78 is 0.840. The number of anilines is 1. The molecular weight excluding hydrogens is 316 g/mol. The number of carbonyl (C=O) groups excluding carboxylic acids is 1. The predicted octanol–water partition coefficient (Wildman–Crippen LogP) is 3.39. The van der Waals surface area contributed by atoms with Gasteiger partial charge >= 0.3 is 0 Å². The van der Waals surface area contributed by atoms with E-state index in [1.165, 1.54) is 5.56 Å². The van der Waals surface area contributed by atoms with Gasteiger partial charge in [0.15, 0.2) is 0 Å². The Morgan fingerprint density at radius 1 is 1.25 bits per heavy atom. The Balaban J connectivity index is 2.02. The molecule has 0 saturated heterocycles. The third kappa shape index (κ3) is 3.84. The van der Waals surface area contributed by atoms with Gasteiger partial charge in [-0.15, -0.1) is 0 Å². The summed E-state index contributed by atoms with van der Waals surface area (Å²) in [7, 11) is 0. The Kier molecular flexibility index (Phi) is 4.79.